The average Bonchev–Trinajstić information content (AvgIpc) is 2.56. The van der Waals surface area contributed by atoms with Gasteiger partial charge in [0.2, 0.25) is 9.84 Å². The van der Waals surface area contributed by atoms with Crippen molar-refractivity contribution in [2.45, 2.75) is 10.1 Å². The fourth-order valence-corrected chi connectivity index (χ4v) is 4.21. The monoisotopic (exact) mass is 377 g/mol. The number of halogens is 2. The van der Waals surface area contributed by atoms with E-state index in [0.29, 0.717) is 11.0 Å². The molecule has 0 aliphatic rings. The Morgan fingerprint density at radius 1 is 1.00 bits per heavy atom. The average molecular weight is 378 g/mol. The predicted molar refractivity (Wildman–Crippen MR) is 91.5 cm³/mol. The second kappa shape index (κ2) is 6.36. The van der Waals surface area contributed by atoms with Crippen LogP contribution in [-0.2, 0) is 9.84 Å². The molecule has 1 atom stereocenters. The molecule has 0 saturated heterocycles. The molecule has 2 aromatic carbocycles. The largest absolute Gasteiger partial charge is 0.245 e. The Morgan fingerprint density at radius 3 is 2.29 bits per heavy atom. The van der Waals surface area contributed by atoms with Crippen LogP contribution < -0.4 is 0 Å². The summed E-state index contributed by atoms with van der Waals surface area (Å²) in [6.45, 7) is 0. The zero-order valence-corrected chi connectivity index (χ0v) is 14.3. The van der Waals surface area contributed by atoms with E-state index in [1.54, 1.807) is 36.4 Å². The molecule has 0 fully saturated rings. The fraction of sp³-hybridized carbons (Fsp3) is 0.0625. The lowest BCUT2D eigenvalue weighted by Crippen LogP contribution is -2.15. The van der Waals surface area contributed by atoms with E-state index in [1.165, 1.54) is 18.2 Å². The summed E-state index contributed by atoms with van der Waals surface area (Å²) in [5, 5.41) is 8.00. The van der Waals surface area contributed by atoms with Gasteiger partial charge in [-0.1, -0.05) is 41.4 Å². The van der Waals surface area contributed by atoms with E-state index < -0.39 is 15.1 Å². The van der Waals surface area contributed by atoms with E-state index in [4.69, 9.17) is 23.2 Å². The van der Waals surface area contributed by atoms with Crippen LogP contribution in [0.2, 0.25) is 10.2 Å². The molecule has 0 aliphatic carbocycles. The minimum Gasteiger partial charge on any atom is -0.245 e. The molecule has 24 heavy (non-hydrogen) atoms. The van der Waals surface area contributed by atoms with Gasteiger partial charge in [-0.15, -0.1) is 0 Å². The Hall–Kier alpha value is -2.20. The van der Waals surface area contributed by atoms with Crippen molar-refractivity contribution in [2.75, 3.05) is 0 Å². The highest BCUT2D eigenvalue weighted by molar-refractivity contribution is 7.92. The van der Waals surface area contributed by atoms with Crippen LogP contribution in [0.4, 0.5) is 0 Å². The molecule has 8 heteroatoms. The minimum atomic E-state index is -4.05. The fourth-order valence-electron chi connectivity index (χ4n) is 2.22. The van der Waals surface area contributed by atoms with Crippen molar-refractivity contribution in [1.29, 1.82) is 5.26 Å². The van der Waals surface area contributed by atoms with Crippen molar-refractivity contribution in [3.63, 3.8) is 0 Å². The van der Waals surface area contributed by atoms with Gasteiger partial charge >= 0.3 is 0 Å². The van der Waals surface area contributed by atoms with Crippen LogP contribution in [0.1, 0.15) is 10.9 Å². The van der Waals surface area contributed by atoms with Crippen LogP contribution in [0.25, 0.3) is 11.0 Å². The number of fused-ring (bicyclic) bond motifs is 1. The zero-order valence-electron chi connectivity index (χ0n) is 12.0. The van der Waals surface area contributed by atoms with Crippen molar-refractivity contribution in [3.05, 3.63) is 64.4 Å². The third-order valence-corrected chi connectivity index (χ3v) is 5.73. The van der Waals surface area contributed by atoms with Crippen LogP contribution in [0.5, 0.6) is 0 Å². The van der Waals surface area contributed by atoms with Crippen LogP contribution in [0.3, 0.4) is 0 Å². The van der Waals surface area contributed by atoms with E-state index in [9.17, 15) is 13.7 Å². The standard InChI is InChI=1S/C16H9Cl2N3O2S/c17-10-4-3-5-11(8-10)24(22,23)14(9-19)15-16(18)21-13-7-2-1-6-12(13)20-15/h1-8,14H/t14-/m1/s1. The number of nitrogens with zero attached hydrogens (tertiary/aromatic N) is 3. The topological polar surface area (TPSA) is 83.7 Å². The number of hydrogen-bond acceptors (Lipinski definition) is 5. The zero-order chi connectivity index (χ0) is 17.3. The molecule has 3 aromatic rings. The number of para-hydroxylation sites is 2. The molecule has 0 radical (unpaired) electrons. The van der Waals surface area contributed by atoms with Gasteiger partial charge in [-0.2, -0.15) is 5.26 Å². The summed E-state index contributed by atoms with van der Waals surface area (Å²) in [4.78, 5) is 8.29. The summed E-state index contributed by atoms with van der Waals surface area (Å²) in [6.07, 6.45) is 0. The third-order valence-electron chi connectivity index (χ3n) is 3.35. The molecule has 0 spiro atoms. The van der Waals surface area contributed by atoms with Gasteiger partial charge in [0.25, 0.3) is 0 Å². The van der Waals surface area contributed by atoms with Gasteiger partial charge in [0, 0.05) is 5.02 Å². The molecule has 1 aromatic heterocycles. The Morgan fingerprint density at radius 2 is 1.67 bits per heavy atom. The molecule has 0 N–H and O–H groups in total. The van der Waals surface area contributed by atoms with Gasteiger partial charge in [-0.05, 0) is 30.3 Å². The summed E-state index contributed by atoms with van der Waals surface area (Å²) in [5.41, 5.74) is 0.874. The van der Waals surface area contributed by atoms with Gasteiger partial charge in [-0.3, -0.25) is 0 Å². The molecular formula is C16H9Cl2N3O2S. The Labute approximate surface area is 148 Å². The number of hydrogen-bond donors (Lipinski definition) is 0. The first-order valence-electron chi connectivity index (χ1n) is 6.75. The van der Waals surface area contributed by atoms with Gasteiger partial charge in [0.1, 0.15) is 5.69 Å². The maximum atomic E-state index is 12.8. The highest BCUT2D eigenvalue weighted by Crippen LogP contribution is 2.32. The lowest BCUT2D eigenvalue weighted by atomic mass is 10.2. The Bertz CT molecular complexity index is 1080. The predicted octanol–water partition coefficient (Wildman–Crippen LogP) is 3.98. The van der Waals surface area contributed by atoms with Crippen molar-refractivity contribution < 1.29 is 8.42 Å². The highest BCUT2D eigenvalue weighted by atomic mass is 35.5. The molecule has 0 bridgehead atoms. The maximum absolute atomic E-state index is 12.8. The number of sulfone groups is 1. The lowest BCUT2D eigenvalue weighted by molar-refractivity contribution is 0.590. The molecule has 0 saturated carbocycles. The molecule has 0 amide bonds. The van der Waals surface area contributed by atoms with Crippen LogP contribution in [0, 0.1) is 11.3 Å². The summed E-state index contributed by atoms with van der Waals surface area (Å²) in [6, 6.07) is 14.3. The van der Waals surface area contributed by atoms with Crippen LogP contribution in [0.15, 0.2) is 53.4 Å². The van der Waals surface area contributed by atoms with Crippen molar-refractivity contribution in [1.82, 2.24) is 9.97 Å². The van der Waals surface area contributed by atoms with E-state index in [-0.39, 0.29) is 20.8 Å². The third kappa shape index (κ3) is 2.94. The summed E-state index contributed by atoms with van der Waals surface area (Å²) in [7, 11) is -4.05. The second-order valence-electron chi connectivity index (χ2n) is 4.90. The minimum absolute atomic E-state index is 0.0763. The highest BCUT2D eigenvalue weighted by Gasteiger charge is 2.33. The summed E-state index contributed by atoms with van der Waals surface area (Å²) in [5.74, 6) is 0. The molecule has 0 aliphatic heterocycles. The smallest absolute Gasteiger partial charge is 0.200 e. The summed E-state index contributed by atoms with van der Waals surface area (Å²) < 4.78 is 25.6. The number of benzene rings is 2. The Balaban J connectivity index is 2.19. The molecule has 120 valence electrons. The molecular weight excluding hydrogens is 369 g/mol. The number of nitriles is 1. The van der Waals surface area contributed by atoms with Gasteiger partial charge in [0.15, 0.2) is 10.4 Å². The molecule has 0 unspecified atom stereocenters. The van der Waals surface area contributed by atoms with Crippen molar-refractivity contribution in [2.24, 2.45) is 0 Å². The second-order valence-corrected chi connectivity index (χ2v) is 7.73. The van der Waals surface area contributed by atoms with Crippen molar-refractivity contribution in [3.8, 4) is 6.07 Å². The van der Waals surface area contributed by atoms with Crippen LogP contribution >= 0.6 is 23.2 Å². The maximum Gasteiger partial charge on any atom is 0.200 e. The van der Waals surface area contributed by atoms with Gasteiger partial charge in [0.05, 0.1) is 22.0 Å². The first-order valence-corrected chi connectivity index (χ1v) is 9.05. The summed E-state index contributed by atoms with van der Waals surface area (Å²) >= 11 is 11.9. The normalized spacial score (nSPS) is 12.7. The van der Waals surface area contributed by atoms with E-state index >= 15 is 0 Å². The first-order chi connectivity index (χ1) is 11.4. The first kappa shape index (κ1) is 16.7. The van der Waals surface area contributed by atoms with E-state index in [1.807, 2.05) is 0 Å². The lowest BCUT2D eigenvalue weighted by Gasteiger charge is -2.12. The van der Waals surface area contributed by atoms with E-state index in [2.05, 4.69) is 9.97 Å². The van der Waals surface area contributed by atoms with Gasteiger partial charge < -0.3 is 0 Å². The molecule has 5 nitrogen and oxygen atoms in total. The van der Waals surface area contributed by atoms with Crippen LogP contribution in [-0.4, -0.2) is 18.4 Å². The SMILES string of the molecule is N#C[C@H](c1nc2ccccc2nc1Cl)S(=O)(=O)c1cccc(Cl)c1. The van der Waals surface area contributed by atoms with E-state index in [0.717, 1.165) is 0 Å². The number of aromatic nitrogens is 2. The number of rotatable bonds is 3. The Kier molecular flexibility index (Phi) is 4.41. The van der Waals surface area contributed by atoms with Gasteiger partial charge in [-0.25, -0.2) is 18.4 Å². The molecule has 1 heterocycles. The quantitative estimate of drug-likeness (QED) is 0.689. The molecule has 3 rings (SSSR count). The van der Waals surface area contributed by atoms with Crippen molar-refractivity contribution >= 4 is 44.1 Å².